The minimum Gasteiger partial charge on any atom is -0.394 e. The first-order valence-electron chi connectivity index (χ1n) is 11.4. The van der Waals surface area contributed by atoms with E-state index in [4.69, 9.17) is 23.2 Å². The zero-order chi connectivity index (χ0) is 27.8. The highest BCUT2D eigenvalue weighted by molar-refractivity contribution is 6.34. The van der Waals surface area contributed by atoms with Crippen LogP contribution in [-0.2, 0) is 26.7 Å². The molecule has 0 aliphatic rings. The van der Waals surface area contributed by atoms with Crippen LogP contribution in [0.15, 0.2) is 46.4 Å². The van der Waals surface area contributed by atoms with Crippen LogP contribution in [0.1, 0.15) is 11.4 Å². The fourth-order valence-electron chi connectivity index (χ4n) is 3.89. The van der Waals surface area contributed by atoms with E-state index >= 15 is 0 Å². The summed E-state index contributed by atoms with van der Waals surface area (Å²) in [5.41, 5.74) is -1.09. The first-order valence-corrected chi connectivity index (χ1v) is 12.1. The number of aromatic nitrogens is 8. The van der Waals surface area contributed by atoms with Crippen molar-refractivity contribution in [2.24, 2.45) is 7.05 Å². The van der Waals surface area contributed by atoms with Crippen LogP contribution in [0.25, 0.3) is 10.9 Å². The van der Waals surface area contributed by atoms with Gasteiger partial charge in [-0.15, -0.1) is 0 Å². The van der Waals surface area contributed by atoms with E-state index in [0.717, 1.165) is 15.2 Å². The number of fused-ring (bicyclic) bond motifs is 1. The summed E-state index contributed by atoms with van der Waals surface area (Å²) in [6, 6.07) is 4.83. The van der Waals surface area contributed by atoms with Crippen LogP contribution in [0.3, 0.4) is 0 Å². The maximum absolute atomic E-state index is 14.6. The van der Waals surface area contributed by atoms with Crippen molar-refractivity contribution < 1.29 is 13.9 Å². The number of nitrogens with zero attached hydrogens (tertiary/aromatic N) is 8. The second-order valence-electron chi connectivity index (χ2n) is 8.50. The van der Waals surface area contributed by atoms with Gasteiger partial charge in [-0.25, -0.2) is 27.9 Å². The average Bonchev–Trinajstić information content (AvgIpc) is 3.47. The number of hydrogen-bond acceptors (Lipinski definition) is 8. The molecule has 0 fully saturated rings. The number of aliphatic hydroxyl groups excluding tert-OH is 1. The lowest BCUT2D eigenvalue weighted by molar-refractivity contribution is 0.270. The lowest BCUT2D eigenvalue weighted by Crippen LogP contribution is -2.43. The van der Waals surface area contributed by atoms with E-state index in [1.54, 1.807) is 25.4 Å². The number of nitrogens with one attached hydrogen (secondary N) is 1. The standard InChI is InChI=1S/C23H19Cl2F2N9O3/c1-33-11-28-20(32-33)10-36-22(38)30-21(35(23(36)39)9-12-4-14(24)17(27)7-16(12)26)29-19-5-13-8-34(2-3-37)31-18(13)6-15(19)25/h4-8,11,37H,2-3,9-10H2,1H3,(H,29,30,38). The van der Waals surface area contributed by atoms with Crippen LogP contribution in [-0.4, -0.2) is 50.4 Å². The summed E-state index contributed by atoms with van der Waals surface area (Å²) < 4.78 is 33.1. The molecule has 0 saturated carbocycles. The summed E-state index contributed by atoms with van der Waals surface area (Å²) in [7, 11) is 1.62. The first-order chi connectivity index (χ1) is 18.6. The molecular formula is C23H19Cl2F2N9O3. The van der Waals surface area contributed by atoms with Gasteiger partial charge in [0.1, 0.15) is 18.0 Å². The molecular weight excluding hydrogens is 559 g/mol. The molecule has 0 radical (unpaired) electrons. The van der Waals surface area contributed by atoms with Crippen molar-refractivity contribution in [3.8, 4) is 0 Å². The third-order valence-corrected chi connectivity index (χ3v) is 6.33. The highest BCUT2D eigenvalue weighted by atomic mass is 35.5. The average molecular weight is 578 g/mol. The van der Waals surface area contributed by atoms with E-state index in [1.165, 1.54) is 15.7 Å². The number of aryl methyl sites for hydroxylation is 1. The zero-order valence-electron chi connectivity index (χ0n) is 20.1. The number of halogens is 4. The molecule has 0 bridgehead atoms. The molecule has 3 heterocycles. The highest BCUT2D eigenvalue weighted by Gasteiger charge is 2.19. The Kier molecular flexibility index (Phi) is 7.16. The van der Waals surface area contributed by atoms with Crippen LogP contribution in [0, 0.1) is 11.6 Å². The van der Waals surface area contributed by atoms with Gasteiger partial charge >= 0.3 is 11.4 Å². The third-order valence-electron chi connectivity index (χ3n) is 5.73. The Morgan fingerprint density at radius 1 is 1.00 bits per heavy atom. The van der Waals surface area contributed by atoms with Gasteiger partial charge in [0.2, 0.25) is 5.95 Å². The van der Waals surface area contributed by atoms with Crippen LogP contribution in [0.5, 0.6) is 0 Å². The zero-order valence-corrected chi connectivity index (χ0v) is 21.7. The van der Waals surface area contributed by atoms with Crippen molar-refractivity contribution >= 4 is 45.7 Å². The van der Waals surface area contributed by atoms with E-state index in [0.29, 0.717) is 17.0 Å². The van der Waals surface area contributed by atoms with E-state index < -0.39 is 29.6 Å². The number of rotatable bonds is 8. The predicted octanol–water partition coefficient (Wildman–Crippen LogP) is 2.30. The van der Waals surface area contributed by atoms with Crippen LogP contribution >= 0.6 is 23.2 Å². The Morgan fingerprint density at radius 2 is 1.79 bits per heavy atom. The van der Waals surface area contributed by atoms with Crippen LogP contribution in [0.2, 0.25) is 10.0 Å². The van der Waals surface area contributed by atoms with E-state index in [9.17, 15) is 23.5 Å². The van der Waals surface area contributed by atoms with Crippen molar-refractivity contribution in [1.29, 1.82) is 0 Å². The van der Waals surface area contributed by atoms with Gasteiger partial charge in [-0.1, -0.05) is 23.2 Å². The number of hydrogen-bond donors (Lipinski definition) is 2. The Balaban J connectivity index is 1.62. The first kappa shape index (κ1) is 26.5. The second kappa shape index (κ2) is 10.6. The molecule has 0 aliphatic carbocycles. The molecule has 0 saturated heterocycles. The summed E-state index contributed by atoms with van der Waals surface area (Å²) >= 11 is 12.3. The molecule has 202 valence electrons. The summed E-state index contributed by atoms with van der Waals surface area (Å²) in [6.07, 6.45) is 3.08. The van der Waals surface area contributed by atoms with Crippen LogP contribution in [0.4, 0.5) is 20.4 Å². The quantitative estimate of drug-likeness (QED) is 0.268. The molecule has 2 aromatic carbocycles. The van der Waals surface area contributed by atoms with Gasteiger partial charge in [-0.2, -0.15) is 15.2 Å². The fraction of sp³-hybridized carbons (Fsp3) is 0.217. The minimum absolute atomic E-state index is 0.114. The minimum atomic E-state index is -0.963. The fourth-order valence-corrected chi connectivity index (χ4v) is 4.28. The smallest absolute Gasteiger partial charge is 0.355 e. The maximum Gasteiger partial charge on any atom is 0.355 e. The topological polar surface area (TPSA) is 138 Å². The van der Waals surface area contributed by atoms with Gasteiger partial charge in [0, 0.05) is 30.3 Å². The molecule has 0 atom stereocenters. The van der Waals surface area contributed by atoms with Gasteiger partial charge in [0.15, 0.2) is 5.82 Å². The van der Waals surface area contributed by atoms with Gasteiger partial charge in [0.25, 0.3) is 0 Å². The number of benzene rings is 2. The van der Waals surface area contributed by atoms with Crippen molar-refractivity contribution in [2.75, 3.05) is 11.9 Å². The van der Waals surface area contributed by atoms with Crippen molar-refractivity contribution in [3.63, 3.8) is 0 Å². The molecule has 3 aromatic heterocycles. The van der Waals surface area contributed by atoms with Crippen molar-refractivity contribution in [2.45, 2.75) is 19.6 Å². The molecule has 5 aromatic rings. The van der Waals surface area contributed by atoms with Gasteiger partial charge in [0.05, 0.1) is 47.5 Å². The maximum atomic E-state index is 14.6. The summed E-state index contributed by atoms with van der Waals surface area (Å²) in [6.45, 7) is -0.595. The highest BCUT2D eigenvalue weighted by Crippen LogP contribution is 2.29. The SMILES string of the molecule is Cn1cnc(Cn2c(=O)nc(Nc3cc4cn(CCO)nc4cc3Cl)n(Cc3cc(Cl)c(F)cc3F)c2=O)n1. The lowest BCUT2D eigenvalue weighted by Gasteiger charge is -2.16. The van der Waals surface area contributed by atoms with Crippen LogP contribution < -0.4 is 16.7 Å². The van der Waals surface area contributed by atoms with Gasteiger partial charge < -0.3 is 10.4 Å². The normalized spacial score (nSPS) is 11.4. The lowest BCUT2D eigenvalue weighted by atomic mass is 10.2. The molecule has 0 spiro atoms. The van der Waals surface area contributed by atoms with Crippen molar-refractivity contribution in [3.05, 3.63) is 90.8 Å². The monoisotopic (exact) mass is 577 g/mol. The largest absolute Gasteiger partial charge is 0.394 e. The van der Waals surface area contributed by atoms with E-state index in [1.807, 2.05) is 0 Å². The van der Waals surface area contributed by atoms with Crippen molar-refractivity contribution in [1.82, 2.24) is 38.7 Å². The number of aliphatic hydroxyl groups is 1. The number of anilines is 2. The Bertz CT molecular complexity index is 1830. The molecule has 2 N–H and O–H groups in total. The summed E-state index contributed by atoms with van der Waals surface area (Å²) in [5, 5.41) is 20.9. The second-order valence-corrected chi connectivity index (χ2v) is 9.31. The Morgan fingerprint density at radius 3 is 2.51 bits per heavy atom. The molecule has 0 amide bonds. The summed E-state index contributed by atoms with van der Waals surface area (Å²) in [4.78, 5) is 34.5. The third kappa shape index (κ3) is 5.39. The molecule has 39 heavy (non-hydrogen) atoms. The molecule has 0 aliphatic heterocycles. The molecule has 12 nitrogen and oxygen atoms in total. The Labute approximate surface area is 227 Å². The predicted molar refractivity (Wildman–Crippen MR) is 138 cm³/mol. The summed E-state index contributed by atoms with van der Waals surface area (Å²) in [5.74, 6) is -1.99. The molecule has 0 unspecified atom stereocenters. The molecule has 16 heteroatoms. The van der Waals surface area contributed by atoms with Gasteiger partial charge in [-0.05, 0) is 18.2 Å². The van der Waals surface area contributed by atoms with E-state index in [2.05, 4.69) is 25.5 Å². The molecule has 5 rings (SSSR count). The Hall–Kier alpha value is -4.14. The van der Waals surface area contributed by atoms with E-state index in [-0.39, 0.29) is 52.8 Å². The van der Waals surface area contributed by atoms with Gasteiger partial charge in [-0.3, -0.25) is 13.9 Å².